The molecule has 29 heavy (non-hydrogen) atoms. The summed E-state index contributed by atoms with van der Waals surface area (Å²) < 4.78 is 1.73. The molecule has 0 unspecified atom stereocenters. The lowest BCUT2D eigenvalue weighted by molar-refractivity contribution is 0.0643. The number of rotatable bonds is 3. The molecule has 142 valence electrons. The van der Waals surface area contributed by atoms with Crippen LogP contribution in [-0.4, -0.2) is 31.5 Å². The summed E-state index contributed by atoms with van der Waals surface area (Å²) in [7, 11) is 0. The lowest BCUT2D eigenvalue weighted by Gasteiger charge is -2.13. The molecule has 0 radical (unpaired) electrons. The molecule has 2 aromatic carbocycles. The number of pyridine rings is 1. The molecule has 1 aliphatic heterocycles. The maximum absolute atomic E-state index is 13.2. The number of hydrogen-bond donors (Lipinski definition) is 0. The van der Waals surface area contributed by atoms with Gasteiger partial charge in [-0.3, -0.25) is 14.5 Å². The summed E-state index contributed by atoms with van der Waals surface area (Å²) in [6.07, 6.45) is 1.50. The van der Waals surface area contributed by atoms with Crippen LogP contribution in [0.3, 0.4) is 0 Å². The van der Waals surface area contributed by atoms with Gasteiger partial charge in [0, 0.05) is 6.20 Å². The average molecular weight is 382 g/mol. The zero-order valence-electron chi connectivity index (χ0n) is 16.1. The Kier molecular flexibility index (Phi) is 3.81. The van der Waals surface area contributed by atoms with Crippen molar-refractivity contribution < 1.29 is 9.59 Å². The summed E-state index contributed by atoms with van der Waals surface area (Å²) in [5, 5.41) is 5.26. The molecule has 0 atom stereocenters. The van der Waals surface area contributed by atoms with E-state index in [1.807, 2.05) is 68.4 Å². The van der Waals surface area contributed by atoms with Crippen LogP contribution in [-0.2, 0) is 6.54 Å². The lowest BCUT2D eigenvalue weighted by Crippen LogP contribution is -2.29. The van der Waals surface area contributed by atoms with Crippen molar-refractivity contribution in [3.63, 3.8) is 0 Å². The highest BCUT2D eigenvalue weighted by molar-refractivity contribution is 6.26. The van der Waals surface area contributed by atoms with E-state index in [-0.39, 0.29) is 18.4 Å². The topological polar surface area (TPSA) is 68.1 Å². The monoisotopic (exact) mass is 382 g/mol. The van der Waals surface area contributed by atoms with E-state index in [9.17, 15) is 9.59 Å². The third-order valence-corrected chi connectivity index (χ3v) is 5.24. The molecular weight excluding hydrogens is 364 g/mol. The highest BCUT2D eigenvalue weighted by atomic mass is 16.2. The number of nitrogens with zero attached hydrogens (tertiary/aromatic N) is 4. The number of aryl methyl sites for hydroxylation is 2. The fourth-order valence-electron chi connectivity index (χ4n) is 3.86. The van der Waals surface area contributed by atoms with Gasteiger partial charge >= 0.3 is 0 Å². The first-order valence-electron chi connectivity index (χ1n) is 9.40. The Balaban J connectivity index is 1.65. The standard InChI is InChI=1S/C23H18N4O2/c1-14-7-6-10-17(11-14)27-21-19(15(2)25-27)20-18(12-24-21)22(28)26(23(20)29)13-16-8-4-3-5-9-16/h3-12H,13H2,1-2H3. The summed E-state index contributed by atoms with van der Waals surface area (Å²) in [4.78, 5) is 31.9. The van der Waals surface area contributed by atoms with E-state index in [2.05, 4.69) is 10.1 Å². The van der Waals surface area contributed by atoms with Gasteiger partial charge in [0.2, 0.25) is 0 Å². The molecule has 0 saturated carbocycles. The van der Waals surface area contributed by atoms with E-state index in [0.29, 0.717) is 27.9 Å². The smallest absolute Gasteiger partial charge is 0.263 e. The third kappa shape index (κ3) is 2.64. The van der Waals surface area contributed by atoms with E-state index in [1.165, 1.54) is 11.1 Å². The van der Waals surface area contributed by atoms with Gasteiger partial charge in [0.15, 0.2) is 5.65 Å². The second-order valence-corrected chi connectivity index (χ2v) is 7.26. The minimum atomic E-state index is -0.314. The number of carbonyl (C=O) groups is 2. The molecule has 6 heteroatoms. The number of imide groups is 1. The third-order valence-electron chi connectivity index (χ3n) is 5.24. The second-order valence-electron chi connectivity index (χ2n) is 7.26. The molecule has 4 aromatic rings. The van der Waals surface area contributed by atoms with Crippen LogP contribution in [0.15, 0.2) is 60.8 Å². The Morgan fingerprint density at radius 3 is 2.48 bits per heavy atom. The SMILES string of the molecule is Cc1cccc(-n2nc(C)c3c4c(cnc32)C(=O)N(Cc2ccccc2)C4=O)c1. The van der Waals surface area contributed by atoms with Crippen molar-refractivity contribution in [3.05, 3.63) is 88.7 Å². The van der Waals surface area contributed by atoms with Crippen molar-refractivity contribution in [2.24, 2.45) is 0 Å². The summed E-state index contributed by atoms with van der Waals surface area (Å²) in [6.45, 7) is 4.09. The Morgan fingerprint density at radius 2 is 1.72 bits per heavy atom. The van der Waals surface area contributed by atoms with E-state index in [0.717, 1.165) is 16.8 Å². The van der Waals surface area contributed by atoms with Crippen molar-refractivity contribution in [1.82, 2.24) is 19.7 Å². The Bertz CT molecular complexity index is 1290. The highest BCUT2D eigenvalue weighted by Gasteiger charge is 2.38. The van der Waals surface area contributed by atoms with Crippen LogP contribution in [0.5, 0.6) is 0 Å². The van der Waals surface area contributed by atoms with Gasteiger partial charge in [-0.05, 0) is 37.1 Å². The van der Waals surface area contributed by atoms with Crippen LogP contribution in [0.25, 0.3) is 16.7 Å². The summed E-state index contributed by atoms with van der Waals surface area (Å²) in [5.41, 5.74) is 4.86. The number of fused-ring (bicyclic) bond motifs is 3. The Hall–Kier alpha value is -3.80. The lowest BCUT2D eigenvalue weighted by atomic mass is 10.1. The molecule has 0 bridgehead atoms. The van der Waals surface area contributed by atoms with E-state index in [4.69, 9.17) is 0 Å². The first-order valence-corrected chi connectivity index (χ1v) is 9.40. The molecule has 0 aliphatic carbocycles. The van der Waals surface area contributed by atoms with Gasteiger partial charge in [0.1, 0.15) is 0 Å². The summed E-state index contributed by atoms with van der Waals surface area (Å²) in [6, 6.07) is 17.4. The quantitative estimate of drug-likeness (QED) is 0.505. The van der Waals surface area contributed by atoms with Crippen molar-refractivity contribution >= 4 is 22.8 Å². The van der Waals surface area contributed by atoms with Gasteiger partial charge in [-0.25, -0.2) is 9.67 Å². The summed E-state index contributed by atoms with van der Waals surface area (Å²) in [5.74, 6) is -0.612. The largest absolute Gasteiger partial charge is 0.270 e. The molecule has 3 heterocycles. The number of benzene rings is 2. The molecule has 2 amide bonds. The zero-order chi connectivity index (χ0) is 20.1. The Labute approximate surface area is 167 Å². The minimum absolute atomic E-state index is 0.236. The fraction of sp³-hybridized carbons (Fsp3) is 0.130. The zero-order valence-corrected chi connectivity index (χ0v) is 16.1. The predicted molar refractivity (Wildman–Crippen MR) is 109 cm³/mol. The first-order chi connectivity index (χ1) is 14.0. The molecule has 0 fully saturated rings. The van der Waals surface area contributed by atoms with Gasteiger partial charge in [-0.2, -0.15) is 5.10 Å². The second kappa shape index (κ2) is 6.38. The molecular formula is C23H18N4O2. The van der Waals surface area contributed by atoms with Gasteiger partial charge < -0.3 is 0 Å². The molecule has 5 rings (SSSR count). The van der Waals surface area contributed by atoms with Gasteiger partial charge in [-0.1, -0.05) is 42.5 Å². The number of amides is 2. The molecule has 1 aliphatic rings. The minimum Gasteiger partial charge on any atom is -0.270 e. The number of hydrogen-bond acceptors (Lipinski definition) is 4. The highest BCUT2D eigenvalue weighted by Crippen LogP contribution is 2.32. The van der Waals surface area contributed by atoms with Gasteiger partial charge in [-0.15, -0.1) is 0 Å². The van der Waals surface area contributed by atoms with Crippen LogP contribution in [0, 0.1) is 13.8 Å². The van der Waals surface area contributed by atoms with Crippen molar-refractivity contribution in [2.45, 2.75) is 20.4 Å². The normalized spacial score (nSPS) is 13.4. The van der Waals surface area contributed by atoms with E-state index in [1.54, 1.807) is 4.68 Å². The number of carbonyl (C=O) groups excluding carboxylic acids is 2. The van der Waals surface area contributed by atoms with Gasteiger partial charge in [0.05, 0.1) is 34.4 Å². The predicted octanol–water partition coefficient (Wildman–Crippen LogP) is 3.83. The fourth-order valence-corrected chi connectivity index (χ4v) is 3.86. The van der Waals surface area contributed by atoms with Crippen LogP contribution < -0.4 is 0 Å². The molecule has 0 spiro atoms. The average Bonchev–Trinajstić information content (AvgIpc) is 3.19. The van der Waals surface area contributed by atoms with Crippen LogP contribution in [0.1, 0.15) is 37.5 Å². The molecule has 0 saturated heterocycles. The van der Waals surface area contributed by atoms with Crippen LogP contribution in [0.4, 0.5) is 0 Å². The first kappa shape index (κ1) is 17.3. The maximum atomic E-state index is 13.2. The van der Waals surface area contributed by atoms with Crippen LogP contribution in [0.2, 0.25) is 0 Å². The van der Waals surface area contributed by atoms with Crippen molar-refractivity contribution in [2.75, 3.05) is 0 Å². The van der Waals surface area contributed by atoms with E-state index < -0.39 is 0 Å². The van der Waals surface area contributed by atoms with Crippen molar-refractivity contribution in [3.8, 4) is 5.69 Å². The van der Waals surface area contributed by atoms with Crippen molar-refractivity contribution in [1.29, 1.82) is 0 Å². The Morgan fingerprint density at radius 1 is 0.931 bits per heavy atom. The molecule has 6 nitrogen and oxygen atoms in total. The number of aromatic nitrogens is 3. The van der Waals surface area contributed by atoms with E-state index >= 15 is 0 Å². The summed E-state index contributed by atoms with van der Waals surface area (Å²) >= 11 is 0. The maximum Gasteiger partial charge on any atom is 0.263 e. The van der Waals surface area contributed by atoms with Gasteiger partial charge in [0.25, 0.3) is 11.8 Å². The van der Waals surface area contributed by atoms with Crippen LogP contribution >= 0.6 is 0 Å². The molecule has 2 aromatic heterocycles. The molecule has 0 N–H and O–H groups in total.